The predicted molar refractivity (Wildman–Crippen MR) is 73.7 cm³/mol. The normalized spacial score (nSPS) is 10.1. The number of rotatable bonds is 3. The van der Waals surface area contributed by atoms with Gasteiger partial charge in [-0.15, -0.1) is 10.2 Å². The van der Waals surface area contributed by atoms with Crippen molar-refractivity contribution in [2.75, 3.05) is 10.7 Å². The number of aryl methyl sites for hydroxylation is 2. The Kier molecular flexibility index (Phi) is 3.72. The molecule has 1 heterocycles. The molecule has 0 aliphatic rings. The maximum Gasteiger partial charge on any atom is 0.276 e. The third-order valence-electron chi connectivity index (χ3n) is 2.81. The molecule has 0 atom stereocenters. The highest BCUT2D eigenvalue weighted by Gasteiger charge is 2.08. The molecule has 0 fully saturated rings. The molecule has 0 unspecified atom stereocenters. The van der Waals surface area contributed by atoms with E-state index in [1.807, 2.05) is 32.0 Å². The molecule has 2 aromatic rings. The third-order valence-corrected chi connectivity index (χ3v) is 2.81. The average molecular weight is 257 g/mol. The van der Waals surface area contributed by atoms with Gasteiger partial charge < -0.3 is 10.7 Å². The molecule has 19 heavy (non-hydrogen) atoms. The van der Waals surface area contributed by atoms with E-state index in [9.17, 15) is 4.79 Å². The summed E-state index contributed by atoms with van der Waals surface area (Å²) in [7, 11) is 0. The number of aromatic nitrogens is 2. The largest absolute Gasteiger partial charge is 0.321 e. The topological polar surface area (TPSA) is 92.9 Å². The summed E-state index contributed by atoms with van der Waals surface area (Å²) in [5.41, 5.74) is 5.61. The second kappa shape index (κ2) is 5.45. The molecule has 0 spiro atoms. The number of carbonyl (C=O) groups is 1. The van der Waals surface area contributed by atoms with Crippen LogP contribution in [0, 0.1) is 13.8 Å². The Morgan fingerprint density at radius 3 is 2.47 bits per heavy atom. The van der Waals surface area contributed by atoms with Crippen LogP contribution in [-0.4, -0.2) is 16.1 Å². The van der Waals surface area contributed by atoms with Crippen molar-refractivity contribution < 1.29 is 4.79 Å². The van der Waals surface area contributed by atoms with Crippen molar-refractivity contribution in [1.82, 2.24) is 10.2 Å². The van der Waals surface area contributed by atoms with Crippen LogP contribution in [0.1, 0.15) is 21.6 Å². The first-order chi connectivity index (χ1) is 9.10. The van der Waals surface area contributed by atoms with E-state index >= 15 is 0 Å². The van der Waals surface area contributed by atoms with E-state index in [1.165, 1.54) is 5.56 Å². The molecule has 4 N–H and O–H groups in total. The lowest BCUT2D eigenvalue weighted by molar-refractivity contribution is 0.102. The number of hydrogen-bond donors (Lipinski definition) is 3. The Bertz CT molecular complexity index is 594. The molecule has 1 aromatic carbocycles. The predicted octanol–water partition coefficient (Wildman–Crippen LogP) is 1.63. The number of hydrogen-bond acceptors (Lipinski definition) is 5. The SMILES string of the molecule is Cc1ccc(NC(=O)c2ccc(NN)nn2)cc1C. The molecular formula is C13H15N5O. The van der Waals surface area contributed by atoms with Crippen molar-refractivity contribution >= 4 is 17.4 Å². The van der Waals surface area contributed by atoms with Crippen LogP contribution in [0.3, 0.4) is 0 Å². The van der Waals surface area contributed by atoms with E-state index in [-0.39, 0.29) is 11.6 Å². The van der Waals surface area contributed by atoms with Gasteiger partial charge in [0, 0.05) is 5.69 Å². The van der Waals surface area contributed by atoms with Crippen LogP contribution in [0.4, 0.5) is 11.5 Å². The van der Waals surface area contributed by atoms with Crippen LogP contribution >= 0.6 is 0 Å². The fourth-order valence-electron chi connectivity index (χ4n) is 1.54. The number of benzene rings is 1. The monoisotopic (exact) mass is 257 g/mol. The molecule has 6 nitrogen and oxygen atoms in total. The lowest BCUT2D eigenvalue weighted by Gasteiger charge is -2.07. The van der Waals surface area contributed by atoms with Gasteiger partial charge in [0.05, 0.1) is 0 Å². The highest BCUT2D eigenvalue weighted by molar-refractivity contribution is 6.02. The zero-order valence-electron chi connectivity index (χ0n) is 10.8. The number of carbonyl (C=O) groups excluding carboxylic acids is 1. The molecule has 0 bridgehead atoms. The van der Waals surface area contributed by atoms with Gasteiger partial charge in [0.1, 0.15) is 0 Å². The Hall–Kier alpha value is -2.47. The van der Waals surface area contributed by atoms with Crippen LogP contribution in [-0.2, 0) is 0 Å². The van der Waals surface area contributed by atoms with Gasteiger partial charge in [-0.25, -0.2) is 5.84 Å². The zero-order valence-corrected chi connectivity index (χ0v) is 10.8. The van der Waals surface area contributed by atoms with Gasteiger partial charge >= 0.3 is 0 Å². The van der Waals surface area contributed by atoms with E-state index in [2.05, 4.69) is 20.9 Å². The van der Waals surface area contributed by atoms with E-state index in [0.717, 1.165) is 11.3 Å². The van der Waals surface area contributed by atoms with Crippen molar-refractivity contribution in [2.24, 2.45) is 5.84 Å². The molecule has 0 saturated carbocycles. The molecule has 1 amide bonds. The maximum absolute atomic E-state index is 11.9. The Morgan fingerprint density at radius 1 is 1.11 bits per heavy atom. The minimum Gasteiger partial charge on any atom is -0.321 e. The number of nitrogen functional groups attached to an aromatic ring is 1. The standard InChI is InChI=1S/C13H15N5O/c1-8-3-4-10(7-9(8)2)15-13(19)11-5-6-12(16-14)18-17-11/h3-7H,14H2,1-2H3,(H,15,19)(H,16,18). The van der Waals surface area contributed by atoms with Crippen molar-refractivity contribution in [1.29, 1.82) is 0 Å². The quantitative estimate of drug-likeness (QED) is 0.574. The molecular weight excluding hydrogens is 242 g/mol. The van der Waals surface area contributed by atoms with E-state index in [0.29, 0.717) is 5.82 Å². The molecule has 0 aliphatic heterocycles. The number of nitrogens with two attached hydrogens (primary N) is 1. The molecule has 0 aliphatic carbocycles. The average Bonchev–Trinajstić information content (AvgIpc) is 2.43. The molecule has 6 heteroatoms. The van der Waals surface area contributed by atoms with Crippen LogP contribution < -0.4 is 16.6 Å². The summed E-state index contributed by atoms with van der Waals surface area (Å²) in [6, 6.07) is 8.86. The smallest absolute Gasteiger partial charge is 0.276 e. The maximum atomic E-state index is 11.9. The fraction of sp³-hybridized carbons (Fsp3) is 0.154. The minimum atomic E-state index is -0.306. The second-order valence-corrected chi connectivity index (χ2v) is 4.20. The first kappa shape index (κ1) is 13.0. The molecule has 2 rings (SSSR count). The van der Waals surface area contributed by atoms with Gasteiger partial charge in [-0.05, 0) is 49.2 Å². The van der Waals surface area contributed by atoms with Gasteiger partial charge in [0.25, 0.3) is 5.91 Å². The summed E-state index contributed by atoms with van der Waals surface area (Å²) in [6.45, 7) is 4.01. The van der Waals surface area contributed by atoms with Crippen LogP contribution in [0.5, 0.6) is 0 Å². The van der Waals surface area contributed by atoms with Gasteiger partial charge in [0.15, 0.2) is 11.5 Å². The fourth-order valence-corrected chi connectivity index (χ4v) is 1.54. The zero-order chi connectivity index (χ0) is 13.8. The summed E-state index contributed by atoms with van der Waals surface area (Å²) in [5, 5.41) is 10.3. The summed E-state index contributed by atoms with van der Waals surface area (Å²) in [6.07, 6.45) is 0. The number of nitrogens with one attached hydrogen (secondary N) is 2. The van der Waals surface area contributed by atoms with Gasteiger partial charge in [0.2, 0.25) is 0 Å². The molecule has 0 saturated heterocycles. The summed E-state index contributed by atoms with van der Waals surface area (Å²) in [5.74, 6) is 5.28. The Balaban J connectivity index is 2.13. The molecule has 98 valence electrons. The van der Waals surface area contributed by atoms with E-state index in [1.54, 1.807) is 12.1 Å². The van der Waals surface area contributed by atoms with Crippen LogP contribution in [0.15, 0.2) is 30.3 Å². The molecule has 0 radical (unpaired) electrons. The van der Waals surface area contributed by atoms with Crippen molar-refractivity contribution in [3.05, 3.63) is 47.2 Å². The van der Waals surface area contributed by atoms with Gasteiger partial charge in [-0.2, -0.15) is 0 Å². The summed E-state index contributed by atoms with van der Waals surface area (Å²) in [4.78, 5) is 11.9. The third kappa shape index (κ3) is 3.05. The van der Waals surface area contributed by atoms with E-state index in [4.69, 9.17) is 5.84 Å². The van der Waals surface area contributed by atoms with Crippen LogP contribution in [0.2, 0.25) is 0 Å². The van der Waals surface area contributed by atoms with Gasteiger partial charge in [-0.1, -0.05) is 6.07 Å². The summed E-state index contributed by atoms with van der Waals surface area (Å²) >= 11 is 0. The Labute approximate surface area is 111 Å². The lowest BCUT2D eigenvalue weighted by atomic mass is 10.1. The minimum absolute atomic E-state index is 0.234. The van der Waals surface area contributed by atoms with Gasteiger partial charge in [-0.3, -0.25) is 4.79 Å². The first-order valence-electron chi connectivity index (χ1n) is 5.79. The van der Waals surface area contributed by atoms with Crippen LogP contribution in [0.25, 0.3) is 0 Å². The number of hydrazine groups is 1. The highest BCUT2D eigenvalue weighted by Crippen LogP contribution is 2.14. The lowest BCUT2D eigenvalue weighted by Crippen LogP contribution is -2.16. The number of amides is 1. The van der Waals surface area contributed by atoms with Crippen molar-refractivity contribution in [2.45, 2.75) is 13.8 Å². The number of nitrogens with zero attached hydrogens (tertiary/aromatic N) is 2. The summed E-state index contributed by atoms with van der Waals surface area (Å²) < 4.78 is 0. The Morgan fingerprint density at radius 2 is 1.89 bits per heavy atom. The first-order valence-corrected chi connectivity index (χ1v) is 5.79. The molecule has 1 aromatic heterocycles. The number of anilines is 2. The second-order valence-electron chi connectivity index (χ2n) is 4.20. The van der Waals surface area contributed by atoms with Crippen molar-refractivity contribution in [3.63, 3.8) is 0 Å². The van der Waals surface area contributed by atoms with E-state index < -0.39 is 0 Å². The van der Waals surface area contributed by atoms with Crippen molar-refractivity contribution in [3.8, 4) is 0 Å². The highest BCUT2D eigenvalue weighted by atomic mass is 16.1.